The fraction of sp³-hybridized carbons (Fsp3) is 0.529. The molecule has 1 spiro atoms. The molecule has 0 aromatic heterocycles. The van der Waals surface area contributed by atoms with E-state index >= 15 is 0 Å². The molecule has 2 saturated heterocycles. The van der Waals surface area contributed by atoms with Crippen LogP contribution in [0, 0.1) is 6.92 Å². The van der Waals surface area contributed by atoms with Crippen LogP contribution >= 0.6 is 0 Å². The Morgan fingerprint density at radius 3 is 2.55 bits per heavy atom. The number of benzene rings is 1. The van der Waals surface area contributed by atoms with E-state index in [0.29, 0.717) is 26.1 Å². The molecule has 2 amide bonds. The van der Waals surface area contributed by atoms with Gasteiger partial charge in [0.1, 0.15) is 5.60 Å². The topological polar surface area (TPSA) is 58.6 Å². The predicted octanol–water partition coefficient (Wildman–Crippen LogP) is 2.03. The van der Waals surface area contributed by atoms with Gasteiger partial charge in [-0.15, -0.1) is 0 Å². The predicted molar refractivity (Wildman–Crippen MR) is 82.5 cm³/mol. The van der Waals surface area contributed by atoms with E-state index in [2.05, 4.69) is 36.5 Å². The van der Waals surface area contributed by atoms with Crippen LogP contribution in [0.4, 0.5) is 4.79 Å². The molecule has 5 heteroatoms. The normalized spacial score (nSPS) is 19.9. The van der Waals surface area contributed by atoms with Crippen LogP contribution in [0.3, 0.4) is 0 Å². The molecule has 0 unspecified atom stereocenters. The van der Waals surface area contributed by atoms with E-state index in [1.54, 1.807) is 0 Å². The molecular weight excluding hydrogens is 280 g/mol. The molecule has 0 atom stereocenters. The highest BCUT2D eigenvalue weighted by Gasteiger charge is 2.43. The van der Waals surface area contributed by atoms with Gasteiger partial charge in [-0.25, -0.2) is 4.79 Å². The number of amides is 2. The quantitative estimate of drug-likeness (QED) is 0.929. The van der Waals surface area contributed by atoms with Gasteiger partial charge in [-0.3, -0.25) is 4.79 Å². The van der Waals surface area contributed by atoms with Gasteiger partial charge >= 0.3 is 6.09 Å². The highest BCUT2D eigenvalue weighted by Crippen LogP contribution is 2.29. The molecule has 1 aromatic carbocycles. The van der Waals surface area contributed by atoms with E-state index in [4.69, 9.17) is 4.74 Å². The lowest BCUT2D eigenvalue weighted by molar-refractivity contribution is -0.134. The third kappa shape index (κ3) is 3.24. The SMILES string of the molecule is Cc1ccc(CCC(=O)N2CCC3(CC2)CNC(=O)O3)cc1. The summed E-state index contributed by atoms with van der Waals surface area (Å²) >= 11 is 0. The highest BCUT2D eigenvalue weighted by atomic mass is 16.6. The maximum Gasteiger partial charge on any atom is 0.407 e. The smallest absolute Gasteiger partial charge is 0.407 e. The minimum absolute atomic E-state index is 0.188. The molecular formula is C17H22N2O3. The summed E-state index contributed by atoms with van der Waals surface area (Å²) in [5, 5.41) is 2.71. The van der Waals surface area contributed by atoms with Gasteiger partial charge in [0.05, 0.1) is 6.54 Å². The summed E-state index contributed by atoms with van der Waals surface area (Å²) < 4.78 is 5.37. The van der Waals surface area contributed by atoms with E-state index in [0.717, 1.165) is 19.3 Å². The first kappa shape index (κ1) is 14.9. The summed E-state index contributed by atoms with van der Waals surface area (Å²) in [5.74, 6) is 0.188. The fourth-order valence-corrected chi connectivity index (χ4v) is 3.11. The second-order valence-corrected chi connectivity index (χ2v) is 6.29. The monoisotopic (exact) mass is 302 g/mol. The summed E-state index contributed by atoms with van der Waals surface area (Å²) in [5.41, 5.74) is 2.04. The average Bonchev–Trinajstić information content (AvgIpc) is 2.88. The minimum Gasteiger partial charge on any atom is -0.441 e. The largest absolute Gasteiger partial charge is 0.441 e. The van der Waals surface area contributed by atoms with Gasteiger partial charge in [0.25, 0.3) is 0 Å². The Morgan fingerprint density at radius 2 is 1.95 bits per heavy atom. The molecule has 0 aliphatic carbocycles. The van der Waals surface area contributed by atoms with Crippen LogP contribution in [0.25, 0.3) is 0 Å². The zero-order valence-electron chi connectivity index (χ0n) is 12.9. The molecule has 2 aliphatic heterocycles. The Kier molecular flexibility index (Phi) is 4.05. The second-order valence-electron chi connectivity index (χ2n) is 6.29. The van der Waals surface area contributed by atoms with Crippen LogP contribution < -0.4 is 5.32 Å². The van der Waals surface area contributed by atoms with Gasteiger partial charge in [-0.1, -0.05) is 29.8 Å². The number of nitrogens with one attached hydrogen (secondary N) is 1. The molecule has 118 valence electrons. The molecule has 2 fully saturated rings. The Labute approximate surface area is 130 Å². The Balaban J connectivity index is 1.48. The van der Waals surface area contributed by atoms with Crippen molar-refractivity contribution in [3.63, 3.8) is 0 Å². The molecule has 1 aromatic rings. The van der Waals surface area contributed by atoms with Crippen molar-refractivity contribution in [1.82, 2.24) is 10.2 Å². The Morgan fingerprint density at radius 1 is 1.27 bits per heavy atom. The lowest BCUT2D eigenvalue weighted by Crippen LogP contribution is -2.48. The standard InChI is InChI=1S/C17H22N2O3/c1-13-2-4-14(5-3-13)6-7-15(20)19-10-8-17(9-11-19)12-18-16(21)22-17/h2-5H,6-12H2,1H3,(H,18,21). The number of nitrogens with zero attached hydrogens (tertiary/aromatic N) is 1. The zero-order chi connectivity index (χ0) is 15.6. The number of likely N-dealkylation sites (tertiary alicyclic amines) is 1. The molecule has 5 nitrogen and oxygen atoms in total. The van der Waals surface area contributed by atoms with Crippen molar-refractivity contribution >= 4 is 12.0 Å². The van der Waals surface area contributed by atoms with Crippen LogP contribution in [0.5, 0.6) is 0 Å². The van der Waals surface area contributed by atoms with Crippen molar-refractivity contribution in [2.45, 2.75) is 38.2 Å². The number of ether oxygens (including phenoxy) is 1. The number of alkyl carbamates (subject to hydrolysis) is 1. The molecule has 1 N–H and O–H groups in total. The molecule has 2 heterocycles. The van der Waals surface area contributed by atoms with E-state index < -0.39 is 0 Å². The highest BCUT2D eigenvalue weighted by molar-refractivity contribution is 5.76. The van der Waals surface area contributed by atoms with Crippen molar-refractivity contribution in [2.75, 3.05) is 19.6 Å². The first-order valence-corrected chi connectivity index (χ1v) is 7.87. The van der Waals surface area contributed by atoms with Gasteiger partial charge in [-0.2, -0.15) is 0 Å². The molecule has 2 aliphatic rings. The Bertz CT molecular complexity index is 560. The van der Waals surface area contributed by atoms with Crippen molar-refractivity contribution in [3.8, 4) is 0 Å². The molecule has 0 saturated carbocycles. The van der Waals surface area contributed by atoms with Crippen molar-refractivity contribution in [1.29, 1.82) is 0 Å². The van der Waals surface area contributed by atoms with Crippen LogP contribution in [-0.2, 0) is 16.0 Å². The van der Waals surface area contributed by atoms with Gasteiger partial charge in [0.15, 0.2) is 0 Å². The lowest BCUT2D eigenvalue weighted by atomic mass is 9.91. The van der Waals surface area contributed by atoms with E-state index in [9.17, 15) is 9.59 Å². The number of hydrogen-bond donors (Lipinski definition) is 1. The Hall–Kier alpha value is -2.04. The lowest BCUT2D eigenvalue weighted by Gasteiger charge is -2.37. The van der Waals surface area contributed by atoms with Crippen LogP contribution in [-0.4, -0.2) is 42.1 Å². The van der Waals surface area contributed by atoms with Crippen molar-refractivity contribution < 1.29 is 14.3 Å². The molecule has 22 heavy (non-hydrogen) atoms. The van der Waals surface area contributed by atoms with E-state index in [1.807, 2.05) is 4.90 Å². The van der Waals surface area contributed by atoms with E-state index in [1.165, 1.54) is 11.1 Å². The third-order valence-electron chi connectivity index (χ3n) is 4.64. The van der Waals surface area contributed by atoms with Gasteiger partial charge in [-0.05, 0) is 18.9 Å². The van der Waals surface area contributed by atoms with Crippen LogP contribution in [0.2, 0.25) is 0 Å². The number of rotatable bonds is 3. The first-order chi connectivity index (χ1) is 10.6. The zero-order valence-corrected chi connectivity index (χ0v) is 12.9. The minimum atomic E-state index is -0.384. The molecule has 0 bridgehead atoms. The van der Waals surface area contributed by atoms with E-state index in [-0.39, 0.29) is 17.6 Å². The maximum absolute atomic E-state index is 12.3. The second kappa shape index (κ2) is 5.99. The van der Waals surface area contributed by atoms with Gasteiger partial charge in [0.2, 0.25) is 5.91 Å². The van der Waals surface area contributed by atoms with Crippen LogP contribution in [0.15, 0.2) is 24.3 Å². The number of carbonyl (C=O) groups excluding carboxylic acids is 2. The summed E-state index contributed by atoms with van der Waals surface area (Å²) in [7, 11) is 0. The van der Waals surface area contributed by atoms with Gasteiger partial charge in [0, 0.05) is 32.4 Å². The summed E-state index contributed by atoms with van der Waals surface area (Å²) in [6, 6.07) is 8.31. The molecule has 3 rings (SSSR count). The number of piperidine rings is 1. The summed E-state index contributed by atoms with van der Waals surface area (Å²) in [6.45, 7) is 3.96. The third-order valence-corrected chi connectivity index (χ3v) is 4.64. The van der Waals surface area contributed by atoms with Gasteiger partial charge < -0.3 is 15.0 Å². The van der Waals surface area contributed by atoms with Crippen molar-refractivity contribution in [3.05, 3.63) is 35.4 Å². The van der Waals surface area contributed by atoms with Crippen molar-refractivity contribution in [2.24, 2.45) is 0 Å². The van der Waals surface area contributed by atoms with Crippen LogP contribution in [0.1, 0.15) is 30.4 Å². The maximum atomic E-state index is 12.3. The number of carbonyl (C=O) groups is 2. The average molecular weight is 302 g/mol. The number of hydrogen-bond acceptors (Lipinski definition) is 3. The summed E-state index contributed by atoms with van der Waals surface area (Å²) in [4.78, 5) is 25.4. The first-order valence-electron chi connectivity index (χ1n) is 7.87. The molecule has 0 radical (unpaired) electrons. The summed E-state index contributed by atoms with van der Waals surface area (Å²) in [6.07, 6.45) is 2.43. The fourth-order valence-electron chi connectivity index (χ4n) is 3.11. The number of aryl methyl sites for hydroxylation is 2.